The van der Waals surface area contributed by atoms with Gasteiger partial charge in [-0.05, 0) is 0 Å². The van der Waals surface area contributed by atoms with Crippen molar-refractivity contribution in [2.75, 3.05) is 5.73 Å². The van der Waals surface area contributed by atoms with Gasteiger partial charge in [0.25, 0.3) is 5.91 Å². The average molecular weight is 258 g/mol. The molecule has 0 spiro atoms. The largest absolute Gasteiger partial charge is 0.480 e. The van der Waals surface area contributed by atoms with Crippen molar-refractivity contribution in [2.45, 2.75) is 12.5 Å². The Hall–Kier alpha value is -2.16. The Morgan fingerprint density at radius 1 is 1.53 bits per heavy atom. The number of amides is 2. The highest BCUT2D eigenvalue weighted by atomic mass is 32.1. The zero-order chi connectivity index (χ0) is 13.0. The number of carbonyl (C=O) groups is 3. The average Bonchev–Trinajstić information content (AvgIpc) is 2.63. The van der Waals surface area contributed by atoms with Crippen LogP contribution in [0.4, 0.5) is 5.13 Å². The van der Waals surface area contributed by atoms with Gasteiger partial charge in [0.2, 0.25) is 5.91 Å². The molecule has 2 amide bonds. The molecule has 9 heteroatoms. The third-order valence-electron chi connectivity index (χ3n) is 1.76. The number of aromatic nitrogens is 1. The van der Waals surface area contributed by atoms with E-state index in [4.69, 9.17) is 16.6 Å². The number of thiazole rings is 1. The van der Waals surface area contributed by atoms with E-state index in [2.05, 4.69) is 10.3 Å². The number of carboxylic acid groups (broad SMARTS) is 1. The smallest absolute Gasteiger partial charge is 0.326 e. The lowest BCUT2D eigenvalue weighted by Gasteiger charge is -2.11. The van der Waals surface area contributed by atoms with Crippen LogP contribution in [0.1, 0.15) is 16.9 Å². The molecule has 1 aromatic heterocycles. The van der Waals surface area contributed by atoms with Gasteiger partial charge in [-0.1, -0.05) is 0 Å². The predicted octanol–water partition coefficient (Wildman–Crippen LogP) is -1.22. The summed E-state index contributed by atoms with van der Waals surface area (Å²) in [6.45, 7) is 0. The van der Waals surface area contributed by atoms with Gasteiger partial charge < -0.3 is 21.9 Å². The molecule has 1 rings (SSSR count). The number of primary amides is 1. The first-order chi connectivity index (χ1) is 7.90. The summed E-state index contributed by atoms with van der Waals surface area (Å²) >= 11 is 1.05. The standard InChI is InChI=1S/C8H10N4O4S/c9-5(13)1-3(7(15)16)11-6(14)4-2-17-8(10)12-4/h2-3H,1H2,(H2,9,13)(H2,10,12)(H,11,14)(H,15,16). The molecule has 0 aliphatic heterocycles. The van der Waals surface area contributed by atoms with E-state index in [1.54, 1.807) is 0 Å². The molecule has 1 aromatic rings. The number of aliphatic carboxylic acids is 1. The summed E-state index contributed by atoms with van der Waals surface area (Å²) in [6, 6.07) is -1.37. The maximum absolute atomic E-state index is 11.5. The number of anilines is 1. The maximum Gasteiger partial charge on any atom is 0.326 e. The monoisotopic (exact) mass is 258 g/mol. The molecule has 0 bridgehead atoms. The van der Waals surface area contributed by atoms with Crippen LogP contribution in [0.15, 0.2) is 5.38 Å². The van der Waals surface area contributed by atoms with Gasteiger partial charge in [-0.25, -0.2) is 9.78 Å². The molecule has 1 unspecified atom stereocenters. The Labute approximate surface area is 99.6 Å². The van der Waals surface area contributed by atoms with E-state index in [-0.39, 0.29) is 10.8 Å². The maximum atomic E-state index is 11.5. The molecule has 0 fully saturated rings. The number of nitrogens with two attached hydrogens (primary N) is 2. The Morgan fingerprint density at radius 2 is 2.18 bits per heavy atom. The van der Waals surface area contributed by atoms with Gasteiger partial charge in [0.15, 0.2) is 5.13 Å². The molecule has 17 heavy (non-hydrogen) atoms. The van der Waals surface area contributed by atoms with Crippen molar-refractivity contribution in [2.24, 2.45) is 5.73 Å². The number of nitrogen functional groups attached to an aromatic ring is 1. The summed E-state index contributed by atoms with van der Waals surface area (Å²) in [5, 5.41) is 12.5. The first kappa shape index (κ1) is 12.9. The second-order valence-corrected chi connectivity index (χ2v) is 4.00. The van der Waals surface area contributed by atoms with E-state index in [0.717, 1.165) is 11.3 Å². The van der Waals surface area contributed by atoms with Gasteiger partial charge >= 0.3 is 5.97 Å². The number of rotatable bonds is 5. The molecular weight excluding hydrogens is 248 g/mol. The first-order valence-corrected chi connectivity index (χ1v) is 5.31. The molecule has 92 valence electrons. The summed E-state index contributed by atoms with van der Waals surface area (Å²) in [7, 11) is 0. The van der Waals surface area contributed by atoms with Crippen LogP contribution in [0.5, 0.6) is 0 Å². The van der Waals surface area contributed by atoms with E-state index in [1.165, 1.54) is 5.38 Å². The van der Waals surface area contributed by atoms with E-state index in [1.807, 2.05) is 0 Å². The van der Waals surface area contributed by atoms with Crippen molar-refractivity contribution in [3.63, 3.8) is 0 Å². The van der Waals surface area contributed by atoms with E-state index >= 15 is 0 Å². The predicted molar refractivity (Wildman–Crippen MR) is 59.2 cm³/mol. The van der Waals surface area contributed by atoms with Gasteiger partial charge in [-0.2, -0.15) is 0 Å². The molecule has 8 nitrogen and oxygen atoms in total. The minimum absolute atomic E-state index is 0.00298. The van der Waals surface area contributed by atoms with E-state index in [9.17, 15) is 14.4 Å². The SMILES string of the molecule is NC(=O)CC(NC(=O)c1csc(N)n1)C(=O)O. The van der Waals surface area contributed by atoms with Crippen LogP contribution in [0.2, 0.25) is 0 Å². The Balaban J connectivity index is 2.70. The van der Waals surface area contributed by atoms with Crippen molar-refractivity contribution in [3.8, 4) is 0 Å². The lowest BCUT2D eigenvalue weighted by Crippen LogP contribution is -2.43. The number of carbonyl (C=O) groups excluding carboxylic acids is 2. The van der Waals surface area contributed by atoms with Gasteiger partial charge in [-0.15, -0.1) is 11.3 Å². The minimum Gasteiger partial charge on any atom is -0.480 e. The number of carboxylic acids is 1. The minimum atomic E-state index is -1.37. The van der Waals surface area contributed by atoms with Gasteiger partial charge in [0, 0.05) is 5.38 Å². The Bertz CT molecular complexity index is 458. The normalized spacial score (nSPS) is 11.8. The van der Waals surface area contributed by atoms with Gasteiger partial charge in [0.05, 0.1) is 6.42 Å². The van der Waals surface area contributed by atoms with Crippen molar-refractivity contribution in [1.29, 1.82) is 0 Å². The molecule has 0 saturated heterocycles. The zero-order valence-electron chi connectivity index (χ0n) is 8.54. The zero-order valence-corrected chi connectivity index (χ0v) is 9.36. The van der Waals surface area contributed by atoms with Crippen molar-refractivity contribution < 1.29 is 19.5 Å². The second-order valence-electron chi connectivity index (χ2n) is 3.11. The summed E-state index contributed by atoms with van der Waals surface area (Å²) in [6.07, 6.45) is -0.485. The summed E-state index contributed by atoms with van der Waals surface area (Å²) in [5.74, 6) is -2.89. The molecule has 1 atom stereocenters. The fraction of sp³-hybridized carbons (Fsp3) is 0.250. The molecule has 0 aromatic carbocycles. The summed E-state index contributed by atoms with van der Waals surface area (Å²) in [4.78, 5) is 36.5. The van der Waals surface area contributed by atoms with Crippen LogP contribution in [-0.4, -0.2) is 33.9 Å². The molecular formula is C8H10N4O4S. The lowest BCUT2D eigenvalue weighted by atomic mass is 10.2. The molecule has 0 aliphatic carbocycles. The van der Waals surface area contributed by atoms with Crippen LogP contribution < -0.4 is 16.8 Å². The Morgan fingerprint density at radius 3 is 2.59 bits per heavy atom. The molecule has 1 heterocycles. The van der Waals surface area contributed by atoms with Crippen molar-refractivity contribution >= 4 is 34.3 Å². The van der Waals surface area contributed by atoms with E-state index < -0.39 is 30.2 Å². The van der Waals surface area contributed by atoms with Gasteiger partial charge in [0.1, 0.15) is 11.7 Å². The lowest BCUT2D eigenvalue weighted by molar-refractivity contribution is -0.140. The number of hydrogen-bond acceptors (Lipinski definition) is 6. The third kappa shape index (κ3) is 3.72. The highest BCUT2D eigenvalue weighted by Gasteiger charge is 2.23. The highest BCUT2D eigenvalue weighted by molar-refractivity contribution is 7.13. The van der Waals surface area contributed by atoms with Gasteiger partial charge in [-0.3, -0.25) is 9.59 Å². The van der Waals surface area contributed by atoms with Crippen LogP contribution >= 0.6 is 11.3 Å². The molecule has 0 saturated carbocycles. The number of nitrogens with one attached hydrogen (secondary N) is 1. The quantitative estimate of drug-likeness (QED) is 0.520. The topological polar surface area (TPSA) is 148 Å². The van der Waals surface area contributed by atoms with Crippen LogP contribution in [0.3, 0.4) is 0 Å². The van der Waals surface area contributed by atoms with Crippen LogP contribution in [-0.2, 0) is 9.59 Å². The highest BCUT2D eigenvalue weighted by Crippen LogP contribution is 2.11. The summed E-state index contributed by atoms with van der Waals surface area (Å²) in [5.41, 5.74) is 10.2. The molecule has 0 aliphatic rings. The first-order valence-electron chi connectivity index (χ1n) is 4.43. The molecule has 0 radical (unpaired) electrons. The number of nitrogens with zero attached hydrogens (tertiary/aromatic N) is 1. The molecule has 6 N–H and O–H groups in total. The fourth-order valence-electron chi connectivity index (χ4n) is 1.03. The van der Waals surface area contributed by atoms with Crippen molar-refractivity contribution in [3.05, 3.63) is 11.1 Å². The Kier molecular flexibility index (Phi) is 3.99. The number of hydrogen-bond donors (Lipinski definition) is 4. The van der Waals surface area contributed by atoms with Crippen LogP contribution in [0, 0.1) is 0 Å². The summed E-state index contributed by atoms with van der Waals surface area (Å²) < 4.78 is 0. The second kappa shape index (κ2) is 5.25. The van der Waals surface area contributed by atoms with E-state index in [0.29, 0.717) is 0 Å². The van der Waals surface area contributed by atoms with Crippen LogP contribution in [0.25, 0.3) is 0 Å². The third-order valence-corrected chi connectivity index (χ3v) is 2.44. The van der Waals surface area contributed by atoms with Crippen molar-refractivity contribution in [1.82, 2.24) is 10.3 Å². The fourth-order valence-corrected chi connectivity index (χ4v) is 1.57.